The molecule has 0 fully saturated rings. The maximum Gasteiger partial charge on any atom is 0.234 e. The smallest absolute Gasteiger partial charge is 0.234 e. The number of hydrogen-bond donors (Lipinski definition) is 2. The Morgan fingerprint density at radius 2 is 1.84 bits per heavy atom. The summed E-state index contributed by atoms with van der Waals surface area (Å²) in [6.45, 7) is 0. The Kier molecular flexibility index (Phi) is 8.84. The number of nitriles is 1. The molecule has 1 unspecified atom stereocenters. The number of nitrogens with one attached hydrogen (secondary N) is 1. The molecule has 2 aromatic carbocycles. The molecule has 1 aliphatic carbocycles. The number of Topliss-reactive ketones (excluding diaryl/α,β-unsaturated/α-hetero) is 1. The number of rotatable bonds is 9. The molecule has 0 saturated carbocycles. The number of amides is 1. The second-order valence-corrected chi connectivity index (χ2v) is 11.6. The lowest BCUT2D eigenvalue weighted by Crippen LogP contribution is -2.38. The van der Waals surface area contributed by atoms with E-state index in [1.165, 1.54) is 68.7 Å². The summed E-state index contributed by atoms with van der Waals surface area (Å²) in [5.41, 5.74) is 8.92. The lowest BCUT2D eigenvalue weighted by molar-refractivity contribution is -0.116. The average molecular weight is 623 g/mol. The van der Waals surface area contributed by atoms with E-state index in [2.05, 4.69) is 21.6 Å². The first-order valence-corrected chi connectivity index (χ1v) is 14.9. The minimum Gasteiger partial charge on any atom is -0.496 e. The number of carbonyl (C=O) groups excluding carboxylic acids is 2. The van der Waals surface area contributed by atoms with Gasteiger partial charge in [0.05, 0.1) is 44.6 Å². The van der Waals surface area contributed by atoms with E-state index < -0.39 is 11.7 Å². The summed E-state index contributed by atoms with van der Waals surface area (Å²) >= 11 is 2.35. The number of nitrogens with two attached hydrogens (primary N) is 1. The van der Waals surface area contributed by atoms with Crippen LogP contribution in [0.15, 0.2) is 63.4 Å². The van der Waals surface area contributed by atoms with Crippen molar-refractivity contribution in [3.63, 3.8) is 0 Å². The second kappa shape index (κ2) is 12.7. The van der Waals surface area contributed by atoms with Crippen LogP contribution in [0.5, 0.6) is 17.2 Å². The molecule has 5 rings (SSSR count). The van der Waals surface area contributed by atoms with Crippen LogP contribution in [0.25, 0.3) is 0 Å². The zero-order valence-corrected chi connectivity index (χ0v) is 25.1. The number of hydrogen-bond acceptors (Lipinski definition) is 12. The lowest BCUT2D eigenvalue weighted by Gasteiger charge is -2.38. The van der Waals surface area contributed by atoms with Gasteiger partial charge in [-0.25, -0.2) is 4.39 Å². The van der Waals surface area contributed by atoms with Gasteiger partial charge in [0.1, 0.15) is 17.4 Å². The van der Waals surface area contributed by atoms with Crippen LogP contribution in [0.4, 0.5) is 15.2 Å². The van der Waals surface area contributed by atoms with Gasteiger partial charge in [0.15, 0.2) is 21.6 Å². The lowest BCUT2D eigenvalue weighted by atomic mass is 9.75. The number of aromatic nitrogens is 2. The third kappa shape index (κ3) is 5.86. The van der Waals surface area contributed by atoms with Crippen molar-refractivity contribution in [1.29, 1.82) is 5.26 Å². The Morgan fingerprint density at radius 3 is 2.51 bits per heavy atom. The summed E-state index contributed by atoms with van der Waals surface area (Å²) in [6.07, 6.45) is 1.44. The molecule has 222 valence electrons. The largest absolute Gasteiger partial charge is 0.496 e. The van der Waals surface area contributed by atoms with E-state index in [1.807, 2.05) is 0 Å². The van der Waals surface area contributed by atoms with E-state index in [0.717, 1.165) is 0 Å². The van der Waals surface area contributed by atoms with Crippen LogP contribution in [0.3, 0.4) is 0 Å². The highest BCUT2D eigenvalue weighted by molar-refractivity contribution is 8.01. The molecule has 1 aliphatic heterocycles. The van der Waals surface area contributed by atoms with Crippen LogP contribution in [-0.2, 0) is 9.59 Å². The average Bonchev–Trinajstić information content (AvgIpc) is 3.48. The van der Waals surface area contributed by atoms with Crippen molar-refractivity contribution in [2.24, 2.45) is 5.73 Å². The molecule has 2 aliphatic rings. The zero-order valence-electron chi connectivity index (χ0n) is 23.5. The Balaban J connectivity index is 1.48. The van der Waals surface area contributed by atoms with Crippen molar-refractivity contribution in [1.82, 2.24) is 10.2 Å². The van der Waals surface area contributed by atoms with E-state index in [9.17, 15) is 19.2 Å². The van der Waals surface area contributed by atoms with Crippen LogP contribution in [-0.4, -0.2) is 49.0 Å². The van der Waals surface area contributed by atoms with Crippen molar-refractivity contribution in [2.45, 2.75) is 29.5 Å². The first-order valence-electron chi connectivity index (χ1n) is 13.1. The van der Waals surface area contributed by atoms with Crippen LogP contribution >= 0.6 is 23.1 Å². The molecule has 0 spiro atoms. The topological polar surface area (TPSA) is 153 Å². The summed E-state index contributed by atoms with van der Waals surface area (Å²) in [5, 5.41) is 21.9. The zero-order chi connectivity index (χ0) is 30.7. The molecule has 11 nitrogen and oxygen atoms in total. The number of halogens is 1. The maximum absolute atomic E-state index is 13.5. The highest BCUT2D eigenvalue weighted by atomic mass is 32.2. The van der Waals surface area contributed by atoms with E-state index in [4.69, 9.17) is 19.9 Å². The van der Waals surface area contributed by atoms with Gasteiger partial charge >= 0.3 is 0 Å². The highest BCUT2D eigenvalue weighted by Crippen LogP contribution is 2.50. The van der Waals surface area contributed by atoms with Crippen LogP contribution < -0.4 is 30.2 Å². The summed E-state index contributed by atoms with van der Waals surface area (Å²) in [4.78, 5) is 27.6. The van der Waals surface area contributed by atoms with E-state index in [-0.39, 0.29) is 28.8 Å². The second-order valence-electron chi connectivity index (χ2n) is 9.46. The fraction of sp³-hybridized carbons (Fsp3) is 0.276. The first kappa shape index (κ1) is 29.9. The summed E-state index contributed by atoms with van der Waals surface area (Å²) in [6, 6.07) is 11.0. The molecule has 3 N–H and O–H groups in total. The third-order valence-electron chi connectivity index (χ3n) is 7.00. The molecule has 1 atom stereocenters. The number of methoxy groups -OCH3 is 3. The molecule has 1 aromatic heterocycles. The number of nitrogens with zero attached hydrogens (tertiary/aromatic N) is 4. The molecular weight excluding hydrogens is 595 g/mol. The predicted molar refractivity (Wildman–Crippen MR) is 160 cm³/mol. The number of thioether (sulfide) groups is 1. The highest BCUT2D eigenvalue weighted by Gasteiger charge is 2.42. The minimum atomic E-state index is -0.796. The Bertz CT molecular complexity index is 1680. The van der Waals surface area contributed by atoms with Crippen LogP contribution in [0, 0.1) is 17.1 Å². The monoisotopic (exact) mass is 622 g/mol. The maximum atomic E-state index is 13.5. The predicted octanol–water partition coefficient (Wildman–Crippen LogP) is 4.74. The summed E-state index contributed by atoms with van der Waals surface area (Å²) < 4.78 is 30.2. The Labute approximate surface area is 255 Å². The minimum absolute atomic E-state index is 0.0361. The summed E-state index contributed by atoms with van der Waals surface area (Å²) in [7, 11) is 4.50. The van der Waals surface area contributed by atoms with Gasteiger partial charge in [-0.2, -0.15) is 5.26 Å². The fourth-order valence-electron chi connectivity index (χ4n) is 5.10. The SMILES string of the molecule is COc1cc(OC)c(C2C(C#N)=C(N)N(c3nnc(SCC(=O)Nc4ccc(F)cc4)s3)C3=C2C(=O)CCC3)cc1OC. The van der Waals surface area contributed by atoms with Crippen molar-refractivity contribution in [3.8, 4) is 23.3 Å². The van der Waals surface area contributed by atoms with Gasteiger partial charge in [0, 0.05) is 35.0 Å². The summed E-state index contributed by atoms with van der Waals surface area (Å²) in [5.74, 6) is -0.176. The van der Waals surface area contributed by atoms with E-state index >= 15 is 0 Å². The number of benzene rings is 2. The molecule has 0 bridgehead atoms. The quantitative estimate of drug-likeness (QED) is 0.318. The van der Waals surface area contributed by atoms with E-state index in [0.29, 0.717) is 68.5 Å². The molecule has 14 heteroatoms. The van der Waals surface area contributed by atoms with Gasteiger partial charge in [0.25, 0.3) is 0 Å². The van der Waals surface area contributed by atoms with Crippen molar-refractivity contribution >= 4 is 45.6 Å². The molecule has 43 heavy (non-hydrogen) atoms. The number of carbonyl (C=O) groups is 2. The molecule has 3 aromatic rings. The van der Waals surface area contributed by atoms with Crippen LogP contribution in [0.2, 0.25) is 0 Å². The van der Waals surface area contributed by atoms with Gasteiger partial charge < -0.3 is 25.3 Å². The van der Waals surface area contributed by atoms with Gasteiger partial charge in [-0.3, -0.25) is 14.5 Å². The van der Waals surface area contributed by atoms with Crippen molar-refractivity contribution in [3.05, 3.63) is 70.4 Å². The van der Waals surface area contributed by atoms with Crippen molar-refractivity contribution < 1.29 is 28.2 Å². The molecule has 0 saturated heterocycles. The Hall–Kier alpha value is -4.61. The standard InChI is InChI=1S/C29H27FN6O5S2/c1-39-21-12-23(41-3)22(40-2)11-17(21)25-18(13-31)27(32)36(19-5-4-6-20(37)26(19)25)28-34-35-29(43-28)42-14-24(38)33-16-9-7-15(30)8-10-16/h7-12,25H,4-6,14,32H2,1-3H3,(H,33,38). The number of allylic oxidation sites excluding steroid dienone is 3. The van der Waals surface area contributed by atoms with Crippen LogP contribution in [0.1, 0.15) is 30.7 Å². The molecular formula is C29H27FN6O5S2. The molecule has 2 heterocycles. The Morgan fingerprint density at radius 1 is 1.14 bits per heavy atom. The normalized spacial score (nSPS) is 16.5. The molecule has 1 amide bonds. The van der Waals surface area contributed by atoms with Gasteiger partial charge in [-0.05, 0) is 43.2 Å². The van der Waals surface area contributed by atoms with E-state index in [1.54, 1.807) is 17.0 Å². The first-order chi connectivity index (χ1) is 20.8. The number of anilines is 2. The third-order valence-corrected chi connectivity index (χ3v) is 9.04. The van der Waals surface area contributed by atoms with Gasteiger partial charge in [-0.15, -0.1) is 10.2 Å². The van der Waals surface area contributed by atoms with Gasteiger partial charge in [0.2, 0.25) is 11.0 Å². The van der Waals surface area contributed by atoms with Crippen molar-refractivity contribution in [2.75, 3.05) is 37.3 Å². The number of ether oxygens (including phenoxy) is 3. The fourth-order valence-corrected chi connectivity index (χ4v) is 6.78. The van der Waals surface area contributed by atoms with Gasteiger partial charge in [-0.1, -0.05) is 23.1 Å². The number of ketones is 1. The molecule has 0 radical (unpaired) electrons.